The van der Waals surface area contributed by atoms with Gasteiger partial charge in [-0.3, -0.25) is 4.57 Å². The second-order valence-corrected chi connectivity index (χ2v) is 5.34. The van der Waals surface area contributed by atoms with Crippen LogP contribution < -0.4 is 0 Å². The van der Waals surface area contributed by atoms with Crippen molar-refractivity contribution in [2.24, 2.45) is 0 Å². The fourth-order valence-electron chi connectivity index (χ4n) is 2.42. The van der Waals surface area contributed by atoms with Crippen molar-refractivity contribution in [3.63, 3.8) is 0 Å². The Morgan fingerprint density at radius 1 is 1.33 bits per heavy atom. The van der Waals surface area contributed by atoms with E-state index in [1.165, 1.54) is 12.1 Å². The van der Waals surface area contributed by atoms with Crippen molar-refractivity contribution in [2.75, 3.05) is 0 Å². The van der Waals surface area contributed by atoms with Gasteiger partial charge < -0.3 is 0 Å². The number of halogens is 3. The Kier molecular flexibility index (Phi) is 3.63. The normalized spacial score (nSPS) is 11.5. The molecule has 1 aromatic carbocycles. The van der Waals surface area contributed by atoms with Crippen LogP contribution in [0.2, 0.25) is 5.02 Å². The van der Waals surface area contributed by atoms with Gasteiger partial charge in [-0.25, -0.2) is 14.1 Å². The van der Waals surface area contributed by atoms with Gasteiger partial charge in [0.05, 0.1) is 22.3 Å². The minimum atomic E-state index is -0.476. The van der Waals surface area contributed by atoms with Crippen molar-refractivity contribution in [3.05, 3.63) is 40.6 Å². The van der Waals surface area contributed by atoms with Crippen LogP contribution in [0.3, 0.4) is 0 Å². The van der Waals surface area contributed by atoms with E-state index >= 15 is 0 Å². The summed E-state index contributed by atoms with van der Waals surface area (Å²) in [4.78, 5) is 4.52. The Labute approximate surface area is 131 Å². The van der Waals surface area contributed by atoms with E-state index in [2.05, 4.69) is 10.1 Å². The second kappa shape index (κ2) is 5.31. The summed E-state index contributed by atoms with van der Waals surface area (Å²) < 4.78 is 17.4. The van der Waals surface area contributed by atoms with Crippen LogP contribution in [0.4, 0.5) is 4.39 Å². The summed E-state index contributed by atoms with van der Waals surface area (Å²) in [7, 11) is 0. The number of alkyl halides is 1. The van der Waals surface area contributed by atoms with E-state index in [1.54, 1.807) is 6.07 Å². The topological polar surface area (TPSA) is 35.6 Å². The molecule has 0 saturated carbocycles. The number of aromatic nitrogens is 4. The van der Waals surface area contributed by atoms with E-state index in [0.717, 1.165) is 16.9 Å². The molecular weight excluding hydrogens is 314 g/mol. The van der Waals surface area contributed by atoms with E-state index in [1.807, 2.05) is 23.1 Å². The fourth-order valence-corrected chi connectivity index (χ4v) is 2.72. The third-order valence-electron chi connectivity index (χ3n) is 3.36. The number of aryl methyl sites for hydroxylation is 2. The number of hydrogen-bond acceptors (Lipinski definition) is 2. The van der Waals surface area contributed by atoms with Crippen LogP contribution in [-0.2, 0) is 12.4 Å². The molecule has 2 heterocycles. The summed E-state index contributed by atoms with van der Waals surface area (Å²) in [6.45, 7) is 4.58. The lowest BCUT2D eigenvalue weighted by molar-refractivity contribution is 0.625. The zero-order valence-corrected chi connectivity index (χ0v) is 13.1. The van der Waals surface area contributed by atoms with Crippen molar-refractivity contribution < 1.29 is 4.39 Å². The predicted molar refractivity (Wildman–Crippen MR) is 81.8 cm³/mol. The molecule has 110 valence electrons. The SMILES string of the molecule is CCn1nc(C)c2nc(CCl)n(-c3ccc(Cl)c(F)c3)c21. The van der Waals surface area contributed by atoms with Crippen molar-refractivity contribution in [1.82, 2.24) is 19.3 Å². The average molecular weight is 327 g/mol. The molecule has 0 atom stereocenters. The zero-order valence-electron chi connectivity index (χ0n) is 11.6. The van der Waals surface area contributed by atoms with Crippen LogP contribution in [-0.4, -0.2) is 19.3 Å². The molecule has 3 aromatic rings. The number of rotatable bonds is 3. The molecule has 0 N–H and O–H groups in total. The molecule has 0 aliphatic heterocycles. The van der Waals surface area contributed by atoms with E-state index in [-0.39, 0.29) is 10.9 Å². The van der Waals surface area contributed by atoms with Crippen LogP contribution in [0.5, 0.6) is 0 Å². The molecule has 0 radical (unpaired) electrons. The molecule has 0 fully saturated rings. The smallest absolute Gasteiger partial charge is 0.163 e. The highest BCUT2D eigenvalue weighted by Crippen LogP contribution is 2.27. The maximum absolute atomic E-state index is 13.8. The standard InChI is InChI=1S/C14H13Cl2FN4/c1-3-20-14-13(8(2)19-20)18-12(7-15)21(14)9-4-5-10(16)11(17)6-9/h4-6H,3,7H2,1-2H3. The molecule has 0 amide bonds. The van der Waals surface area contributed by atoms with Crippen LogP contribution in [0.25, 0.3) is 16.9 Å². The second-order valence-electron chi connectivity index (χ2n) is 4.67. The Balaban J connectivity index is 2.36. The maximum Gasteiger partial charge on any atom is 0.163 e. The van der Waals surface area contributed by atoms with Crippen LogP contribution in [0.15, 0.2) is 18.2 Å². The number of fused-ring (bicyclic) bond motifs is 1. The third kappa shape index (κ3) is 2.21. The summed E-state index contributed by atoms with van der Waals surface area (Å²) in [6, 6.07) is 4.64. The minimum absolute atomic E-state index is 0.0858. The van der Waals surface area contributed by atoms with E-state index in [9.17, 15) is 4.39 Å². The fraction of sp³-hybridized carbons (Fsp3) is 0.286. The van der Waals surface area contributed by atoms with Gasteiger partial charge in [0.2, 0.25) is 0 Å². The van der Waals surface area contributed by atoms with Crippen LogP contribution in [0, 0.1) is 12.7 Å². The van der Waals surface area contributed by atoms with Crippen molar-refractivity contribution in [2.45, 2.75) is 26.3 Å². The highest BCUT2D eigenvalue weighted by molar-refractivity contribution is 6.30. The van der Waals surface area contributed by atoms with Crippen molar-refractivity contribution in [1.29, 1.82) is 0 Å². The van der Waals surface area contributed by atoms with Gasteiger partial charge in [0.1, 0.15) is 17.2 Å². The van der Waals surface area contributed by atoms with Gasteiger partial charge in [0, 0.05) is 6.54 Å². The summed E-state index contributed by atoms with van der Waals surface area (Å²) >= 11 is 11.7. The zero-order chi connectivity index (χ0) is 15.1. The third-order valence-corrected chi connectivity index (χ3v) is 3.91. The Morgan fingerprint density at radius 3 is 2.71 bits per heavy atom. The Bertz CT molecular complexity index is 822. The first-order valence-corrected chi connectivity index (χ1v) is 7.44. The van der Waals surface area contributed by atoms with Crippen LogP contribution in [0.1, 0.15) is 18.4 Å². The van der Waals surface area contributed by atoms with E-state index in [4.69, 9.17) is 23.2 Å². The van der Waals surface area contributed by atoms with Gasteiger partial charge in [-0.2, -0.15) is 5.10 Å². The molecule has 0 aliphatic carbocycles. The summed E-state index contributed by atoms with van der Waals surface area (Å²) in [5, 5.41) is 4.53. The molecule has 21 heavy (non-hydrogen) atoms. The molecule has 4 nitrogen and oxygen atoms in total. The van der Waals surface area contributed by atoms with Crippen LogP contribution >= 0.6 is 23.2 Å². The number of imidazole rings is 1. The molecule has 2 aromatic heterocycles. The summed E-state index contributed by atoms with van der Waals surface area (Å²) in [6.07, 6.45) is 0. The van der Waals surface area contributed by atoms with Gasteiger partial charge in [0.25, 0.3) is 0 Å². The van der Waals surface area contributed by atoms with E-state index < -0.39 is 5.82 Å². The van der Waals surface area contributed by atoms with E-state index in [0.29, 0.717) is 18.1 Å². The molecule has 0 bridgehead atoms. The highest BCUT2D eigenvalue weighted by Gasteiger charge is 2.19. The predicted octanol–water partition coefficient (Wildman–Crippen LogP) is 4.08. The van der Waals surface area contributed by atoms with Crippen molar-refractivity contribution in [3.8, 4) is 5.69 Å². The first-order chi connectivity index (χ1) is 10.1. The van der Waals surface area contributed by atoms with Gasteiger partial charge in [-0.05, 0) is 32.0 Å². The van der Waals surface area contributed by atoms with Gasteiger partial charge in [-0.15, -0.1) is 11.6 Å². The van der Waals surface area contributed by atoms with Gasteiger partial charge in [-0.1, -0.05) is 11.6 Å². The molecule has 3 rings (SSSR count). The monoisotopic (exact) mass is 326 g/mol. The summed E-state index contributed by atoms with van der Waals surface area (Å²) in [5.74, 6) is 0.397. The van der Waals surface area contributed by atoms with Gasteiger partial charge >= 0.3 is 0 Å². The molecule has 7 heteroatoms. The Hall–Kier alpha value is -1.59. The molecule has 0 aliphatic rings. The first-order valence-electron chi connectivity index (χ1n) is 6.53. The minimum Gasteiger partial charge on any atom is -0.280 e. The van der Waals surface area contributed by atoms with Crippen molar-refractivity contribution >= 4 is 34.4 Å². The maximum atomic E-state index is 13.8. The summed E-state index contributed by atoms with van der Waals surface area (Å²) in [5.41, 5.74) is 3.05. The highest BCUT2D eigenvalue weighted by atomic mass is 35.5. The lowest BCUT2D eigenvalue weighted by Crippen LogP contribution is -2.06. The lowest BCUT2D eigenvalue weighted by Gasteiger charge is -2.09. The van der Waals surface area contributed by atoms with Gasteiger partial charge in [0.15, 0.2) is 5.65 Å². The number of nitrogens with zero attached hydrogens (tertiary/aromatic N) is 4. The molecule has 0 saturated heterocycles. The quantitative estimate of drug-likeness (QED) is 0.680. The molecule has 0 spiro atoms. The lowest BCUT2D eigenvalue weighted by atomic mass is 10.3. The first kappa shape index (κ1) is 14.4. The largest absolute Gasteiger partial charge is 0.280 e. The Morgan fingerprint density at radius 2 is 2.10 bits per heavy atom. The number of benzene rings is 1. The molecule has 0 unspecified atom stereocenters. The molecular formula is C14H13Cl2FN4. The number of hydrogen-bond donors (Lipinski definition) is 0. The average Bonchev–Trinajstić information content (AvgIpc) is 2.99.